The van der Waals surface area contributed by atoms with Crippen LogP contribution in [0.1, 0.15) is 40.9 Å². The van der Waals surface area contributed by atoms with Crippen LogP contribution in [0.3, 0.4) is 0 Å². The average Bonchev–Trinajstić information content (AvgIpc) is 3.00. The molecule has 2 aliphatic rings. The molecule has 0 amide bonds. The number of allylic oxidation sites excluding steroid dienone is 3. The second-order valence-electron chi connectivity index (χ2n) is 7.22. The van der Waals surface area contributed by atoms with Crippen LogP contribution in [0.2, 0.25) is 0 Å². The highest BCUT2D eigenvalue weighted by molar-refractivity contribution is 6.14. The lowest BCUT2D eigenvalue weighted by Gasteiger charge is -2.32. The molecule has 2 aliphatic heterocycles. The third-order valence-electron chi connectivity index (χ3n) is 5.02. The Bertz CT molecular complexity index is 942. The van der Waals surface area contributed by atoms with Crippen LogP contribution in [0.5, 0.6) is 11.5 Å². The fourth-order valence-corrected chi connectivity index (χ4v) is 3.40. The Morgan fingerprint density at radius 3 is 2.70 bits per heavy atom. The molecule has 2 heterocycles. The lowest BCUT2D eigenvalue weighted by atomic mass is 9.98. The number of nitrogens with zero attached hydrogens (tertiary/aromatic N) is 1. The molecule has 0 N–H and O–H groups in total. The smallest absolute Gasteiger partial charge is 0.232 e. The topological polar surface area (TPSA) is 38.8 Å². The fraction of sp³-hybridized carbons (Fsp3) is 0.261. The van der Waals surface area contributed by atoms with E-state index in [1.165, 1.54) is 0 Å². The molecule has 0 saturated carbocycles. The van der Waals surface area contributed by atoms with Gasteiger partial charge < -0.3 is 9.47 Å². The number of benzene rings is 2. The van der Waals surface area contributed by atoms with Crippen LogP contribution in [0.4, 0.5) is 0 Å². The molecular formula is C23H23NO3. The summed E-state index contributed by atoms with van der Waals surface area (Å²) in [6.07, 6.45) is 5.55. The summed E-state index contributed by atoms with van der Waals surface area (Å²) in [6.45, 7) is 7.47. The molecule has 4 rings (SSSR count). The van der Waals surface area contributed by atoms with Crippen molar-refractivity contribution >= 4 is 11.9 Å². The predicted octanol–water partition coefficient (Wildman–Crippen LogP) is 4.73. The van der Waals surface area contributed by atoms with Crippen molar-refractivity contribution in [2.24, 2.45) is 0 Å². The van der Waals surface area contributed by atoms with Crippen molar-refractivity contribution in [2.45, 2.75) is 33.4 Å². The van der Waals surface area contributed by atoms with Gasteiger partial charge in [-0.2, -0.15) is 0 Å². The maximum Gasteiger partial charge on any atom is 0.232 e. The molecule has 0 unspecified atom stereocenters. The number of fused-ring (bicyclic) bond motifs is 3. The van der Waals surface area contributed by atoms with E-state index in [0.29, 0.717) is 29.8 Å². The van der Waals surface area contributed by atoms with Gasteiger partial charge in [0, 0.05) is 12.6 Å². The van der Waals surface area contributed by atoms with Crippen molar-refractivity contribution in [3.05, 3.63) is 76.6 Å². The van der Waals surface area contributed by atoms with Gasteiger partial charge in [0.25, 0.3) is 0 Å². The first kappa shape index (κ1) is 17.6. The lowest BCUT2D eigenvalue weighted by molar-refractivity contribution is 0.0673. The van der Waals surface area contributed by atoms with Gasteiger partial charge in [0.2, 0.25) is 5.78 Å². The zero-order valence-corrected chi connectivity index (χ0v) is 15.9. The molecule has 0 radical (unpaired) electrons. The van der Waals surface area contributed by atoms with Crippen molar-refractivity contribution in [1.29, 1.82) is 0 Å². The molecule has 4 nitrogen and oxygen atoms in total. The molecular weight excluding hydrogens is 338 g/mol. The minimum atomic E-state index is -0.0651. The van der Waals surface area contributed by atoms with E-state index in [0.717, 1.165) is 29.0 Å². The number of aryl methyl sites for hydroxylation is 1. The van der Waals surface area contributed by atoms with Crippen LogP contribution in [-0.4, -0.2) is 23.5 Å². The number of hydrogen-bond donors (Lipinski definition) is 0. The van der Waals surface area contributed by atoms with E-state index < -0.39 is 0 Å². The summed E-state index contributed by atoms with van der Waals surface area (Å²) in [4.78, 5) is 15.1. The highest BCUT2D eigenvalue weighted by Crippen LogP contribution is 2.43. The summed E-state index contributed by atoms with van der Waals surface area (Å²) in [5, 5.41) is 0. The number of carbonyl (C=O) groups is 1. The van der Waals surface area contributed by atoms with Gasteiger partial charge in [0.1, 0.15) is 18.2 Å². The molecule has 2 aromatic rings. The van der Waals surface area contributed by atoms with Crippen molar-refractivity contribution < 1.29 is 14.3 Å². The van der Waals surface area contributed by atoms with Crippen molar-refractivity contribution in [3.63, 3.8) is 0 Å². The zero-order valence-electron chi connectivity index (χ0n) is 15.9. The standard InChI is InChI=1S/C23H23NO3/c1-15(2)24-13-18-20(26-14-24)12-16(3)21-22(25)19(27-23(18)21)11-7-10-17-8-5-4-6-9-17/h4-12,15H,13-14H2,1-3H3/b10-7+,19-11-. The molecule has 0 aromatic heterocycles. The highest BCUT2D eigenvalue weighted by atomic mass is 16.5. The van der Waals surface area contributed by atoms with E-state index in [1.807, 2.05) is 55.5 Å². The van der Waals surface area contributed by atoms with Crippen LogP contribution in [0.25, 0.3) is 6.08 Å². The molecule has 2 aromatic carbocycles. The normalized spacial score (nSPS) is 17.9. The van der Waals surface area contributed by atoms with Crippen LogP contribution < -0.4 is 9.47 Å². The van der Waals surface area contributed by atoms with Crippen molar-refractivity contribution in [2.75, 3.05) is 6.73 Å². The summed E-state index contributed by atoms with van der Waals surface area (Å²) in [5.74, 6) is 1.76. The SMILES string of the molecule is Cc1cc2c(c3c1C(=O)/C(=C/C=C/c1ccccc1)O3)CN(C(C)C)CO2. The minimum Gasteiger partial charge on any atom is -0.478 e. The molecule has 27 heavy (non-hydrogen) atoms. The Hall–Kier alpha value is -2.85. The first-order valence-corrected chi connectivity index (χ1v) is 9.24. The average molecular weight is 361 g/mol. The molecule has 0 atom stereocenters. The first-order valence-electron chi connectivity index (χ1n) is 9.24. The summed E-state index contributed by atoms with van der Waals surface area (Å²) in [7, 11) is 0. The second kappa shape index (κ2) is 7.05. The van der Waals surface area contributed by atoms with E-state index in [9.17, 15) is 4.79 Å². The Labute approximate surface area is 159 Å². The Kier molecular flexibility index (Phi) is 4.58. The van der Waals surface area contributed by atoms with E-state index >= 15 is 0 Å². The van der Waals surface area contributed by atoms with Crippen LogP contribution >= 0.6 is 0 Å². The minimum absolute atomic E-state index is 0.0651. The second-order valence-corrected chi connectivity index (χ2v) is 7.22. The van der Waals surface area contributed by atoms with Crippen molar-refractivity contribution in [3.8, 4) is 11.5 Å². The number of carbonyl (C=O) groups excluding carboxylic acids is 1. The Morgan fingerprint density at radius 1 is 1.19 bits per heavy atom. The number of hydrogen-bond acceptors (Lipinski definition) is 4. The summed E-state index contributed by atoms with van der Waals surface area (Å²) in [5.41, 5.74) is 3.58. The quantitative estimate of drug-likeness (QED) is 0.741. The van der Waals surface area contributed by atoms with Crippen LogP contribution in [-0.2, 0) is 6.54 Å². The van der Waals surface area contributed by atoms with E-state index in [2.05, 4.69) is 18.7 Å². The first-order chi connectivity index (χ1) is 13.0. The van der Waals surface area contributed by atoms with Crippen molar-refractivity contribution in [1.82, 2.24) is 4.90 Å². The Balaban J connectivity index is 1.66. The monoisotopic (exact) mass is 361 g/mol. The number of ketones is 1. The summed E-state index contributed by atoms with van der Waals surface area (Å²) in [6, 6.07) is 12.3. The van der Waals surface area contributed by atoms with E-state index in [-0.39, 0.29) is 5.78 Å². The molecule has 0 bridgehead atoms. The number of rotatable bonds is 3. The van der Waals surface area contributed by atoms with Gasteiger partial charge in [-0.15, -0.1) is 0 Å². The number of ether oxygens (including phenoxy) is 2. The van der Waals surface area contributed by atoms with Gasteiger partial charge in [-0.05, 0) is 44.0 Å². The van der Waals surface area contributed by atoms with Gasteiger partial charge in [-0.1, -0.05) is 42.5 Å². The van der Waals surface area contributed by atoms with Gasteiger partial charge >= 0.3 is 0 Å². The number of Topliss-reactive ketones (excluding diaryl/α,β-unsaturated/α-hetero) is 1. The van der Waals surface area contributed by atoms with Gasteiger partial charge in [-0.3, -0.25) is 9.69 Å². The molecule has 0 fully saturated rings. The Morgan fingerprint density at radius 2 is 1.96 bits per heavy atom. The fourth-order valence-electron chi connectivity index (χ4n) is 3.40. The van der Waals surface area contributed by atoms with E-state index in [4.69, 9.17) is 9.47 Å². The summed E-state index contributed by atoms with van der Waals surface area (Å²) < 4.78 is 11.9. The maximum absolute atomic E-state index is 12.9. The zero-order chi connectivity index (χ0) is 19.0. The van der Waals surface area contributed by atoms with Gasteiger partial charge in [-0.25, -0.2) is 0 Å². The van der Waals surface area contributed by atoms with E-state index in [1.54, 1.807) is 6.08 Å². The largest absolute Gasteiger partial charge is 0.478 e. The summed E-state index contributed by atoms with van der Waals surface area (Å²) >= 11 is 0. The lowest BCUT2D eigenvalue weighted by Crippen LogP contribution is -2.37. The maximum atomic E-state index is 12.9. The third kappa shape index (κ3) is 3.28. The van der Waals surface area contributed by atoms with Gasteiger partial charge in [0.15, 0.2) is 5.76 Å². The predicted molar refractivity (Wildman–Crippen MR) is 106 cm³/mol. The third-order valence-corrected chi connectivity index (χ3v) is 5.02. The molecule has 0 spiro atoms. The highest BCUT2D eigenvalue weighted by Gasteiger charge is 2.35. The molecule has 138 valence electrons. The molecule has 4 heteroatoms. The van der Waals surface area contributed by atoms with Crippen LogP contribution in [0.15, 0.2) is 54.3 Å². The van der Waals surface area contributed by atoms with Crippen LogP contribution in [0, 0.1) is 6.92 Å². The molecule has 0 aliphatic carbocycles. The molecule has 0 saturated heterocycles. The van der Waals surface area contributed by atoms with Gasteiger partial charge in [0.05, 0.1) is 11.1 Å².